The molecule has 1 fully saturated rings. The third kappa shape index (κ3) is 4.52. The van der Waals surface area contributed by atoms with Crippen molar-refractivity contribution in [3.05, 3.63) is 24.3 Å². The number of carbonyl (C=O) groups excluding carboxylic acids is 1. The third-order valence-electron chi connectivity index (χ3n) is 3.50. The minimum Gasteiger partial charge on any atom is -0.406 e. The maximum absolute atomic E-state index is 12.2. The second kappa shape index (κ2) is 6.87. The predicted molar refractivity (Wildman–Crippen MR) is 75.5 cm³/mol. The van der Waals surface area contributed by atoms with Crippen molar-refractivity contribution in [2.75, 3.05) is 18.4 Å². The lowest BCUT2D eigenvalue weighted by molar-refractivity contribution is -0.274. The van der Waals surface area contributed by atoms with Gasteiger partial charge in [-0.15, -0.1) is 13.2 Å². The topological polar surface area (TPSA) is 67.6 Å². The summed E-state index contributed by atoms with van der Waals surface area (Å²) in [4.78, 5) is 13.9. The van der Waals surface area contributed by atoms with Crippen LogP contribution in [-0.4, -0.2) is 36.4 Å². The van der Waals surface area contributed by atoms with Crippen LogP contribution in [0.15, 0.2) is 24.3 Å². The number of carbonyl (C=O) groups is 1. The standard InChI is InChI=1S/C14H18F3N3O2/c15-14(16,17)22-12-6-4-10(5-7-12)19-13(21)20-8-2-1-3-11(20)9-18/h4-7,11H,1-3,8-9,18H2,(H,19,21). The summed E-state index contributed by atoms with van der Waals surface area (Å²) in [6.45, 7) is 1.02. The Morgan fingerprint density at radius 2 is 2.00 bits per heavy atom. The van der Waals surface area contributed by atoms with E-state index in [1.54, 1.807) is 4.90 Å². The van der Waals surface area contributed by atoms with E-state index >= 15 is 0 Å². The average Bonchev–Trinajstić information content (AvgIpc) is 2.47. The summed E-state index contributed by atoms with van der Waals surface area (Å²) < 4.78 is 40.0. The number of nitrogens with one attached hydrogen (secondary N) is 1. The molecule has 0 saturated carbocycles. The van der Waals surface area contributed by atoms with Crippen LogP contribution in [0.2, 0.25) is 0 Å². The number of piperidine rings is 1. The zero-order valence-electron chi connectivity index (χ0n) is 11.9. The Labute approximate surface area is 126 Å². The van der Waals surface area contributed by atoms with Crippen LogP contribution in [0, 0.1) is 0 Å². The summed E-state index contributed by atoms with van der Waals surface area (Å²) in [6.07, 6.45) is -1.91. The first-order chi connectivity index (χ1) is 10.4. The maximum Gasteiger partial charge on any atom is 0.573 e. The molecule has 0 bridgehead atoms. The van der Waals surface area contributed by atoms with Crippen LogP contribution < -0.4 is 15.8 Å². The van der Waals surface area contributed by atoms with Crippen molar-refractivity contribution in [2.45, 2.75) is 31.7 Å². The first-order valence-electron chi connectivity index (χ1n) is 7.02. The summed E-state index contributed by atoms with van der Waals surface area (Å²) in [7, 11) is 0. The molecule has 0 spiro atoms. The Balaban J connectivity index is 1.96. The fourth-order valence-electron chi connectivity index (χ4n) is 2.45. The van der Waals surface area contributed by atoms with E-state index in [1.165, 1.54) is 12.1 Å². The number of nitrogens with two attached hydrogens (primary N) is 1. The van der Waals surface area contributed by atoms with E-state index < -0.39 is 6.36 Å². The zero-order chi connectivity index (χ0) is 16.2. The monoisotopic (exact) mass is 317 g/mol. The van der Waals surface area contributed by atoms with Crippen molar-refractivity contribution in [1.82, 2.24) is 4.90 Å². The van der Waals surface area contributed by atoms with E-state index in [2.05, 4.69) is 10.1 Å². The molecule has 0 radical (unpaired) electrons. The fourth-order valence-corrected chi connectivity index (χ4v) is 2.45. The molecular formula is C14H18F3N3O2. The first-order valence-corrected chi connectivity index (χ1v) is 7.02. The van der Waals surface area contributed by atoms with Crippen molar-refractivity contribution in [2.24, 2.45) is 5.73 Å². The summed E-state index contributed by atoms with van der Waals surface area (Å²) in [5, 5.41) is 2.66. The van der Waals surface area contributed by atoms with Gasteiger partial charge in [0.1, 0.15) is 5.75 Å². The van der Waals surface area contributed by atoms with Crippen LogP contribution in [0.3, 0.4) is 0 Å². The van der Waals surface area contributed by atoms with Gasteiger partial charge in [0.2, 0.25) is 0 Å². The molecule has 1 unspecified atom stereocenters. The molecule has 1 heterocycles. The maximum atomic E-state index is 12.2. The molecule has 0 aromatic heterocycles. The summed E-state index contributed by atoms with van der Waals surface area (Å²) in [5.41, 5.74) is 6.06. The summed E-state index contributed by atoms with van der Waals surface area (Å²) in [5.74, 6) is -0.330. The molecule has 2 amide bonds. The summed E-state index contributed by atoms with van der Waals surface area (Å²) >= 11 is 0. The molecule has 3 N–H and O–H groups in total. The summed E-state index contributed by atoms with van der Waals surface area (Å²) in [6, 6.07) is 4.74. The van der Waals surface area contributed by atoms with Gasteiger partial charge in [0.25, 0.3) is 0 Å². The molecule has 5 nitrogen and oxygen atoms in total. The van der Waals surface area contributed by atoms with Gasteiger partial charge >= 0.3 is 12.4 Å². The average molecular weight is 317 g/mol. The Morgan fingerprint density at radius 1 is 1.32 bits per heavy atom. The number of rotatable bonds is 3. The van der Waals surface area contributed by atoms with E-state index in [1.807, 2.05) is 0 Å². The van der Waals surface area contributed by atoms with Gasteiger partial charge in [0, 0.05) is 24.8 Å². The van der Waals surface area contributed by atoms with Gasteiger partial charge in [0.15, 0.2) is 0 Å². The number of ether oxygens (including phenoxy) is 1. The second-order valence-corrected chi connectivity index (χ2v) is 5.08. The van der Waals surface area contributed by atoms with Gasteiger partial charge in [-0.1, -0.05) is 0 Å². The molecule has 22 heavy (non-hydrogen) atoms. The smallest absolute Gasteiger partial charge is 0.406 e. The Morgan fingerprint density at radius 3 is 2.59 bits per heavy atom. The minimum absolute atomic E-state index is 0.00147. The molecule has 2 rings (SSSR count). The van der Waals surface area contributed by atoms with Gasteiger partial charge in [-0.25, -0.2) is 4.79 Å². The SMILES string of the molecule is NCC1CCCCN1C(=O)Nc1ccc(OC(F)(F)F)cc1. The number of urea groups is 1. The van der Waals surface area contributed by atoms with Gasteiger partial charge < -0.3 is 20.7 Å². The minimum atomic E-state index is -4.73. The van der Waals surface area contributed by atoms with Crippen molar-refractivity contribution in [3.63, 3.8) is 0 Å². The fraction of sp³-hybridized carbons (Fsp3) is 0.500. The highest BCUT2D eigenvalue weighted by Gasteiger charge is 2.31. The second-order valence-electron chi connectivity index (χ2n) is 5.08. The number of likely N-dealkylation sites (tertiary alicyclic amines) is 1. The van der Waals surface area contributed by atoms with Crippen LogP contribution in [0.25, 0.3) is 0 Å². The quantitative estimate of drug-likeness (QED) is 0.900. The van der Waals surface area contributed by atoms with Crippen molar-refractivity contribution in [1.29, 1.82) is 0 Å². The largest absolute Gasteiger partial charge is 0.573 e. The highest BCUT2D eigenvalue weighted by atomic mass is 19.4. The molecule has 1 saturated heterocycles. The van der Waals surface area contributed by atoms with Crippen molar-refractivity contribution >= 4 is 11.7 Å². The van der Waals surface area contributed by atoms with Crippen LogP contribution in [0.1, 0.15) is 19.3 Å². The molecular weight excluding hydrogens is 299 g/mol. The van der Waals surface area contributed by atoms with Gasteiger partial charge in [-0.3, -0.25) is 0 Å². The van der Waals surface area contributed by atoms with Crippen molar-refractivity contribution < 1.29 is 22.7 Å². The molecule has 0 aliphatic carbocycles. The Hall–Kier alpha value is -1.96. The zero-order valence-corrected chi connectivity index (χ0v) is 11.9. The highest BCUT2D eigenvalue weighted by Crippen LogP contribution is 2.24. The van der Waals surface area contributed by atoms with Gasteiger partial charge in [-0.2, -0.15) is 0 Å². The van der Waals surface area contributed by atoms with E-state index in [9.17, 15) is 18.0 Å². The number of nitrogens with zero attached hydrogens (tertiary/aromatic N) is 1. The molecule has 8 heteroatoms. The van der Waals surface area contributed by atoms with Crippen molar-refractivity contribution in [3.8, 4) is 5.75 Å². The Bertz CT molecular complexity index is 505. The molecule has 1 atom stereocenters. The molecule has 1 aromatic rings. The number of benzene rings is 1. The highest BCUT2D eigenvalue weighted by molar-refractivity contribution is 5.89. The number of hydrogen-bond donors (Lipinski definition) is 2. The number of anilines is 1. The van der Waals surface area contributed by atoms with E-state index in [0.29, 0.717) is 18.8 Å². The molecule has 1 aliphatic rings. The van der Waals surface area contributed by atoms with Crippen LogP contribution in [0.4, 0.5) is 23.7 Å². The normalized spacial score (nSPS) is 18.9. The van der Waals surface area contributed by atoms with Gasteiger partial charge in [0.05, 0.1) is 0 Å². The number of halogens is 3. The number of amides is 2. The van der Waals surface area contributed by atoms with Crippen LogP contribution in [-0.2, 0) is 0 Å². The lowest BCUT2D eigenvalue weighted by atomic mass is 10.0. The van der Waals surface area contributed by atoms with Gasteiger partial charge in [-0.05, 0) is 43.5 Å². The lowest BCUT2D eigenvalue weighted by Gasteiger charge is -2.34. The lowest BCUT2D eigenvalue weighted by Crippen LogP contribution is -2.49. The number of hydrogen-bond acceptors (Lipinski definition) is 3. The number of alkyl halides is 3. The molecule has 1 aliphatic heterocycles. The molecule has 122 valence electrons. The van der Waals surface area contributed by atoms with Crippen LogP contribution in [0.5, 0.6) is 5.75 Å². The Kier molecular flexibility index (Phi) is 5.12. The van der Waals surface area contributed by atoms with E-state index in [-0.39, 0.29) is 17.8 Å². The predicted octanol–water partition coefficient (Wildman–Crippen LogP) is 2.93. The first kappa shape index (κ1) is 16.4. The third-order valence-corrected chi connectivity index (χ3v) is 3.50. The van der Waals surface area contributed by atoms with E-state index in [4.69, 9.17) is 5.73 Å². The van der Waals surface area contributed by atoms with Crippen LogP contribution >= 0.6 is 0 Å². The molecule has 1 aromatic carbocycles. The van der Waals surface area contributed by atoms with E-state index in [0.717, 1.165) is 31.4 Å².